The van der Waals surface area contributed by atoms with Gasteiger partial charge in [-0.25, -0.2) is 0 Å². The number of aryl methyl sites for hydroxylation is 2. The molecule has 0 saturated carbocycles. The molecule has 1 rings (SSSR count). The summed E-state index contributed by atoms with van der Waals surface area (Å²) in [6.07, 6.45) is 0.290. The van der Waals surface area contributed by atoms with Crippen LogP contribution in [0.3, 0.4) is 0 Å². The smallest absolute Gasteiger partial charge is 0.163 e. The van der Waals surface area contributed by atoms with Crippen molar-refractivity contribution < 1.29 is 9.53 Å². The van der Waals surface area contributed by atoms with E-state index in [1.165, 1.54) is 0 Å². The monoisotopic (exact) mass is 230 g/mol. The van der Waals surface area contributed by atoms with Crippen LogP contribution in [0.2, 0.25) is 5.15 Å². The zero-order valence-corrected chi connectivity index (χ0v) is 9.97. The molecule has 0 atom stereocenters. The van der Waals surface area contributed by atoms with Crippen molar-refractivity contribution in [3.05, 3.63) is 16.4 Å². The van der Waals surface area contributed by atoms with E-state index < -0.39 is 0 Å². The van der Waals surface area contributed by atoms with Crippen LogP contribution in [0, 0.1) is 6.92 Å². The number of ketones is 1. The Kier molecular flexibility index (Phi) is 4.29. The minimum Gasteiger partial charge on any atom is -0.374 e. The van der Waals surface area contributed by atoms with Crippen molar-refractivity contribution in [3.8, 4) is 0 Å². The summed E-state index contributed by atoms with van der Waals surface area (Å²) in [5, 5.41) is 4.66. The van der Waals surface area contributed by atoms with Gasteiger partial charge in [-0.2, -0.15) is 5.10 Å². The van der Waals surface area contributed by atoms with Crippen LogP contribution in [0.5, 0.6) is 0 Å². The molecule has 0 unspecified atom stereocenters. The van der Waals surface area contributed by atoms with Gasteiger partial charge in [0.15, 0.2) is 5.78 Å². The Balaban J connectivity index is 2.68. The van der Waals surface area contributed by atoms with Crippen molar-refractivity contribution in [1.29, 1.82) is 0 Å². The van der Waals surface area contributed by atoms with Gasteiger partial charge in [0.1, 0.15) is 11.8 Å². The number of carbonyl (C=O) groups is 1. The average Bonchev–Trinajstić information content (AvgIpc) is 2.42. The fourth-order valence-electron chi connectivity index (χ4n) is 1.34. The quantitative estimate of drug-likeness (QED) is 0.771. The fraction of sp³-hybridized carbons (Fsp3) is 0.600. The first kappa shape index (κ1) is 12.2. The lowest BCUT2D eigenvalue weighted by molar-refractivity contribution is -0.122. The number of Topliss-reactive ketones (excluding diaryl/α,β-unsaturated/α-hetero) is 1. The lowest BCUT2D eigenvalue weighted by atomic mass is 10.1. The number of carbonyl (C=O) groups excluding carboxylic acids is 1. The molecule has 0 aliphatic carbocycles. The lowest BCUT2D eigenvalue weighted by Crippen LogP contribution is -2.11. The molecule has 0 aliphatic heterocycles. The largest absolute Gasteiger partial charge is 0.374 e. The minimum atomic E-state index is 0.0230. The van der Waals surface area contributed by atoms with Gasteiger partial charge in [0.05, 0.1) is 5.69 Å². The number of ether oxygens (including phenoxy) is 1. The highest BCUT2D eigenvalue weighted by Gasteiger charge is 2.14. The number of hydrogen-bond donors (Lipinski definition) is 0. The SMILES string of the molecule is CCOCC(=O)Cc1c(C)nn(C)c1Cl. The van der Waals surface area contributed by atoms with Gasteiger partial charge in [-0.3, -0.25) is 9.48 Å². The molecule has 5 heteroatoms. The van der Waals surface area contributed by atoms with E-state index in [9.17, 15) is 4.79 Å². The first-order valence-corrected chi connectivity index (χ1v) is 5.21. The molecule has 0 N–H and O–H groups in total. The van der Waals surface area contributed by atoms with Gasteiger partial charge in [0, 0.05) is 25.6 Å². The molecule has 1 aromatic rings. The van der Waals surface area contributed by atoms with Gasteiger partial charge in [-0.15, -0.1) is 0 Å². The molecule has 4 nitrogen and oxygen atoms in total. The molecule has 0 saturated heterocycles. The molecule has 0 amide bonds. The van der Waals surface area contributed by atoms with E-state index in [2.05, 4.69) is 5.10 Å². The molecule has 0 fully saturated rings. The highest BCUT2D eigenvalue weighted by atomic mass is 35.5. The van der Waals surface area contributed by atoms with Crippen LogP contribution in [-0.2, 0) is 23.0 Å². The van der Waals surface area contributed by atoms with Gasteiger partial charge in [0.25, 0.3) is 0 Å². The van der Waals surface area contributed by atoms with E-state index in [0.29, 0.717) is 18.2 Å². The summed E-state index contributed by atoms with van der Waals surface area (Å²) in [5.74, 6) is 0.0230. The van der Waals surface area contributed by atoms with Gasteiger partial charge >= 0.3 is 0 Å². The summed E-state index contributed by atoms with van der Waals surface area (Å²) < 4.78 is 6.60. The van der Waals surface area contributed by atoms with Crippen LogP contribution >= 0.6 is 11.6 Å². The van der Waals surface area contributed by atoms with Crippen LogP contribution in [0.1, 0.15) is 18.2 Å². The normalized spacial score (nSPS) is 10.7. The van der Waals surface area contributed by atoms with Crippen molar-refractivity contribution in [2.45, 2.75) is 20.3 Å². The first-order valence-electron chi connectivity index (χ1n) is 4.83. The molecule has 1 aromatic heterocycles. The Morgan fingerprint density at radius 3 is 2.73 bits per heavy atom. The molecule has 1 heterocycles. The second kappa shape index (κ2) is 5.28. The highest BCUT2D eigenvalue weighted by Crippen LogP contribution is 2.19. The number of nitrogens with zero attached hydrogens (tertiary/aromatic N) is 2. The predicted molar refractivity (Wildman–Crippen MR) is 58.2 cm³/mol. The standard InChI is InChI=1S/C10H15ClN2O2/c1-4-15-6-8(14)5-9-7(2)12-13(3)10(9)11/h4-6H2,1-3H3. The second-order valence-electron chi connectivity index (χ2n) is 3.33. The Morgan fingerprint density at radius 2 is 2.27 bits per heavy atom. The van der Waals surface area contributed by atoms with Gasteiger partial charge in [-0.1, -0.05) is 11.6 Å². The van der Waals surface area contributed by atoms with Gasteiger partial charge < -0.3 is 4.74 Å². The van der Waals surface area contributed by atoms with E-state index in [1.807, 2.05) is 13.8 Å². The number of halogens is 1. The fourth-order valence-corrected chi connectivity index (χ4v) is 1.58. The summed E-state index contributed by atoms with van der Waals surface area (Å²) >= 11 is 6.00. The molecule has 0 aliphatic rings. The molecule has 0 spiro atoms. The Hall–Kier alpha value is -0.870. The zero-order valence-electron chi connectivity index (χ0n) is 9.21. The Morgan fingerprint density at radius 1 is 1.60 bits per heavy atom. The zero-order chi connectivity index (χ0) is 11.4. The van der Waals surface area contributed by atoms with Crippen LogP contribution in [-0.4, -0.2) is 28.8 Å². The van der Waals surface area contributed by atoms with Gasteiger partial charge in [0.2, 0.25) is 0 Å². The number of hydrogen-bond acceptors (Lipinski definition) is 3. The number of rotatable bonds is 5. The molecular weight excluding hydrogens is 216 g/mol. The van der Waals surface area contributed by atoms with Crippen molar-refractivity contribution in [2.75, 3.05) is 13.2 Å². The molecule has 0 radical (unpaired) electrons. The summed E-state index contributed by atoms with van der Waals surface area (Å²) in [4.78, 5) is 11.5. The van der Waals surface area contributed by atoms with E-state index in [-0.39, 0.29) is 12.4 Å². The summed E-state index contributed by atoms with van der Waals surface area (Å²) in [7, 11) is 1.76. The maximum absolute atomic E-state index is 11.5. The first-order chi connectivity index (χ1) is 7.06. The third kappa shape index (κ3) is 3.04. The van der Waals surface area contributed by atoms with E-state index in [4.69, 9.17) is 16.3 Å². The third-order valence-corrected chi connectivity index (χ3v) is 2.58. The van der Waals surface area contributed by atoms with E-state index in [0.717, 1.165) is 11.3 Å². The molecule has 0 aromatic carbocycles. The van der Waals surface area contributed by atoms with Crippen molar-refractivity contribution in [1.82, 2.24) is 9.78 Å². The summed E-state index contributed by atoms with van der Waals surface area (Å²) in [6, 6.07) is 0. The Bertz CT molecular complexity index is 361. The predicted octanol–water partition coefficient (Wildman–Crippen LogP) is 1.53. The van der Waals surface area contributed by atoms with Crippen molar-refractivity contribution >= 4 is 17.4 Å². The van der Waals surface area contributed by atoms with Crippen LogP contribution < -0.4 is 0 Å². The van der Waals surface area contributed by atoms with E-state index in [1.54, 1.807) is 11.7 Å². The Labute approximate surface area is 94.2 Å². The maximum atomic E-state index is 11.5. The number of aromatic nitrogens is 2. The maximum Gasteiger partial charge on any atom is 0.163 e. The molecule has 0 bridgehead atoms. The summed E-state index contributed by atoms with van der Waals surface area (Å²) in [6.45, 7) is 4.39. The van der Waals surface area contributed by atoms with Gasteiger partial charge in [-0.05, 0) is 13.8 Å². The molecule has 15 heavy (non-hydrogen) atoms. The third-order valence-electron chi connectivity index (χ3n) is 2.11. The molecule has 84 valence electrons. The minimum absolute atomic E-state index is 0.0230. The van der Waals surface area contributed by atoms with Crippen molar-refractivity contribution in [2.24, 2.45) is 7.05 Å². The molecular formula is C10H15ClN2O2. The second-order valence-corrected chi connectivity index (χ2v) is 3.69. The topological polar surface area (TPSA) is 44.1 Å². The summed E-state index contributed by atoms with van der Waals surface area (Å²) in [5.41, 5.74) is 1.59. The van der Waals surface area contributed by atoms with Crippen LogP contribution in [0.4, 0.5) is 0 Å². The van der Waals surface area contributed by atoms with Crippen LogP contribution in [0.15, 0.2) is 0 Å². The average molecular weight is 231 g/mol. The van der Waals surface area contributed by atoms with E-state index >= 15 is 0 Å². The highest BCUT2D eigenvalue weighted by molar-refractivity contribution is 6.30. The lowest BCUT2D eigenvalue weighted by Gasteiger charge is -2.01. The van der Waals surface area contributed by atoms with Crippen molar-refractivity contribution in [3.63, 3.8) is 0 Å². The van der Waals surface area contributed by atoms with Crippen LogP contribution in [0.25, 0.3) is 0 Å².